The summed E-state index contributed by atoms with van der Waals surface area (Å²) >= 11 is 0. The summed E-state index contributed by atoms with van der Waals surface area (Å²) in [5, 5.41) is 10.7. The van der Waals surface area contributed by atoms with Crippen LogP contribution in [-0.2, 0) is 11.3 Å². The Kier molecular flexibility index (Phi) is 6.20. The maximum absolute atomic E-state index is 11.8. The first-order chi connectivity index (χ1) is 14.6. The zero-order valence-corrected chi connectivity index (χ0v) is 17.4. The first-order valence-electron chi connectivity index (χ1n) is 10.3. The Morgan fingerprint density at radius 3 is 2.73 bits per heavy atom. The van der Waals surface area contributed by atoms with E-state index in [0.29, 0.717) is 29.6 Å². The van der Waals surface area contributed by atoms with Gasteiger partial charge in [-0.05, 0) is 55.0 Å². The second-order valence-corrected chi connectivity index (χ2v) is 8.08. The van der Waals surface area contributed by atoms with Gasteiger partial charge in [0.1, 0.15) is 17.6 Å². The molecule has 4 atom stereocenters. The van der Waals surface area contributed by atoms with Gasteiger partial charge < -0.3 is 19.3 Å². The summed E-state index contributed by atoms with van der Waals surface area (Å²) in [7, 11) is 3.02. The molecule has 7 heteroatoms. The summed E-state index contributed by atoms with van der Waals surface area (Å²) in [5.41, 5.74) is 1.38. The van der Waals surface area contributed by atoms with Crippen molar-refractivity contribution in [1.29, 1.82) is 0 Å². The van der Waals surface area contributed by atoms with E-state index in [-0.39, 0.29) is 6.10 Å². The second kappa shape index (κ2) is 9.02. The highest BCUT2D eigenvalue weighted by Crippen LogP contribution is 2.38. The molecule has 1 saturated heterocycles. The lowest BCUT2D eigenvalue weighted by Crippen LogP contribution is -2.42. The fourth-order valence-corrected chi connectivity index (χ4v) is 4.67. The van der Waals surface area contributed by atoms with Gasteiger partial charge in [-0.3, -0.25) is 9.88 Å². The summed E-state index contributed by atoms with van der Waals surface area (Å²) in [6.45, 7) is 2.62. The molecule has 7 nitrogen and oxygen atoms in total. The van der Waals surface area contributed by atoms with Crippen LogP contribution >= 0.6 is 0 Å². The molecule has 1 aliphatic carbocycles. The van der Waals surface area contributed by atoms with Gasteiger partial charge in [-0.15, -0.1) is 0 Å². The fourth-order valence-electron chi connectivity index (χ4n) is 4.67. The number of hydrogen-bond acceptors (Lipinski definition) is 7. The van der Waals surface area contributed by atoms with Crippen molar-refractivity contribution in [2.75, 3.05) is 27.3 Å². The van der Waals surface area contributed by atoms with Gasteiger partial charge in [0, 0.05) is 25.8 Å². The van der Waals surface area contributed by atoms with Crippen molar-refractivity contribution in [2.24, 2.45) is 11.8 Å². The van der Waals surface area contributed by atoms with Gasteiger partial charge in [0.2, 0.25) is 0 Å². The molecular formula is C23H28N2O5. The van der Waals surface area contributed by atoms with E-state index >= 15 is 0 Å². The number of carbonyl (C=O) groups excluding carboxylic acids is 1. The topological polar surface area (TPSA) is 81.1 Å². The van der Waals surface area contributed by atoms with Crippen molar-refractivity contribution in [3.63, 3.8) is 0 Å². The van der Waals surface area contributed by atoms with Crippen molar-refractivity contribution >= 4 is 5.97 Å². The molecule has 2 heterocycles. The number of ether oxygens (including phenoxy) is 3. The number of pyridine rings is 1. The van der Waals surface area contributed by atoms with E-state index in [2.05, 4.69) is 9.88 Å². The van der Waals surface area contributed by atoms with E-state index in [0.717, 1.165) is 37.5 Å². The van der Waals surface area contributed by atoms with Gasteiger partial charge >= 0.3 is 5.97 Å². The number of aliphatic hydroxyl groups is 1. The molecule has 0 spiro atoms. The molecule has 1 saturated carbocycles. The summed E-state index contributed by atoms with van der Waals surface area (Å²) < 4.78 is 16.3. The highest BCUT2D eigenvalue weighted by molar-refractivity contribution is 5.89. The number of aromatic nitrogens is 1. The summed E-state index contributed by atoms with van der Waals surface area (Å²) in [6.07, 6.45) is 2.46. The standard InChI is InChI=1S/C23H28N2O5/c1-28-21-7-4-8-24-19(21)14-25-12-16-10-20(26)22(11-17(16)13-25)30-18-6-3-5-15(9-18)23(27)29-2/h3-9,16-17,20,22,26H,10-14H2,1-2H3/t16-,17+,20+,22+/m0/s1. The van der Waals surface area contributed by atoms with Crippen LogP contribution in [0, 0.1) is 11.8 Å². The quantitative estimate of drug-likeness (QED) is 0.730. The van der Waals surface area contributed by atoms with Crippen molar-refractivity contribution in [3.05, 3.63) is 53.9 Å². The summed E-state index contributed by atoms with van der Waals surface area (Å²) in [4.78, 5) is 18.6. The maximum atomic E-state index is 11.8. The molecule has 0 bridgehead atoms. The normalized spacial score (nSPS) is 26.1. The van der Waals surface area contributed by atoms with Crippen molar-refractivity contribution < 1.29 is 24.1 Å². The van der Waals surface area contributed by atoms with Gasteiger partial charge in [0.15, 0.2) is 0 Å². The smallest absolute Gasteiger partial charge is 0.337 e. The number of fused-ring (bicyclic) bond motifs is 1. The first-order valence-corrected chi connectivity index (χ1v) is 10.3. The number of nitrogens with zero attached hydrogens (tertiary/aromatic N) is 2. The van der Waals surface area contributed by atoms with Gasteiger partial charge in [-0.25, -0.2) is 4.79 Å². The second-order valence-electron chi connectivity index (χ2n) is 8.08. The van der Waals surface area contributed by atoms with Gasteiger partial charge in [0.25, 0.3) is 0 Å². The van der Waals surface area contributed by atoms with Crippen LogP contribution in [0.25, 0.3) is 0 Å². The molecule has 1 aromatic heterocycles. The minimum absolute atomic E-state index is 0.288. The van der Waals surface area contributed by atoms with Crippen LogP contribution in [0.15, 0.2) is 42.6 Å². The van der Waals surface area contributed by atoms with Crippen LogP contribution in [0.4, 0.5) is 0 Å². The third-order valence-corrected chi connectivity index (χ3v) is 6.14. The highest BCUT2D eigenvalue weighted by atomic mass is 16.5. The van der Waals surface area contributed by atoms with Crippen molar-refractivity contribution in [2.45, 2.75) is 31.6 Å². The SMILES string of the molecule is COC(=O)c1cccc(O[C@@H]2C[C@@H]3CN(Cc4ncccc4OC)C[C@@H]3C[C@H]2O)c1. The molecule has 1 N–H and O–H groups in total. The van der Waals surface area contributed by atoms with Crippen LogP contribution in [-0.4, -0.2) is 60.5 Å². The Bertz CT molecular complexity index is 889. The number of methoxy groups -OCH3 is 2. The van der Waals surface area contributed by atoms with Crippen LogP contribution in [0.5, 0.6) is 11.5 Å². The molecule has 160 valence electrons. The van der Waals surface area contributed by atoms with Gasteiger partial charge in [-0.2, -0.15) is 0 Å². The molecule has 2 aromatic rings. The van der Waals surface area contributed by atoms with Crippen molar-refractivity contribution in [1.82, 2.24) is 9.88 Å². The molecule has 0 unspecified atom stereocenters. The lowest BCUT2D eigenvalue weighted by molar-refractivity contribution is -0.0231. The summed E-state index contributed by atoms with van der Waals surface area (Å²) in [6, 6.07) is 10.7. The van der Waals surface area contributed by atoms with Crippen LogP contribution in [0.3, 0.4) is 0 Å². The Balaban J connectivity index is 1.39. The molecule has 4 rings (SSSR count). The van der Waals surface area contributed by atoms with Crippen LogP contribution in [0.1, 0.15) is 28.9 Å². The van der Waals surface area contributed by atoms with E-state index in [9.17, 15) is 9.90 Å². The minimum atomic E-state index is -0.530. The molecule has 30 heavy (non-hydrogen) atoms. The minimum Gasteiger partial charge on any atom is -0.495 e. The molecule has 0 amide bonds. The molecular weight excluding hydrogens is 384 g/mol. The fraction of sp³-hybridized carbons (Fsp3) is 0.478. The van der Waals surface area contributed by atoms with Gasteiger partial charge in [0.05, 0.1) is 31.6 Å². The number of benzene rings is 1. The Morgan fingerprint density at radius 2 is 1.97 bits per heavy atom. The molecule has 1 aliphatic heterocycles. The van der Waals surface area contributed by atoms with Crippen LogP contribution in [0.2, 0.25) is 0 Å². The summed E-state index contributed by atoms with van der Waals surface area (Å²) in [5.74, 6) is 1.88. The number of rotatable bonds is 6. The molecule has 1 aromatic carbocycles. The molecule has 2 aliphatic rings. The number of esters is 1. The predicted molar refractivity (Wildman–Crippen MR) is 110 cm³/mol. The van der Waals surface area contributed by atoms with E-state index in [4.69, 9.17) is 14.2 Å². The third-order valence-electron chi connectivity index (χ3n) is 6.14. The van der Waals surface area contributed by atoms with Crippen molar-refractivity contribution in [3.8, 4) is 11.5 Å². The Hall–Kier alpha value is -2.64. The first kappa shape index (κ1) is 20.6. The lowest BCUT2D eigenvalue weighted by atomic mass is 9.78. The monoisotopic (exact) mass is 412 g/mol. The molecule has 2 fully saturated rings. The maximum Gasteiger partial charge on any atom is 0.337 e. The number of likely N-dealkylation sites (tertiary alicyclic amines) is 1. The van der Waals surface area contributed by atoms with Gasteiger partial charge in [-0.1, -0.05) is 6.07 Å². The largest absolute Gasteiger partial charge is 0.495 e. The zero-order valence-electron chi connectivity index (χ0n) is 17.4. The highest BCUT2D eigenvalue weighted by Gasteiger charge is 2.42. The average Bonchev–Trinajstić information content (AvgIpc) is 3.14. The van der Waals surface area contributed by atoms with E-state index in [1.54, 1.807) is 37.6 Å². The molecule has 0 radical (unpaired) electrons. The van der Waals surface area contributed by atoms with E-state index in [1.807, 2.05) is 12.1 Å². The van der Waals surface area contributed by atoms with E-state index < -0.39 is 12.1 Å². The lowest BCUT2D eigenvalue weighted by Gasteiger charge is -2.35. The Labute approximate surface area is 176 Å². The third kappa shape index (κ3) is 4.42. The average molecular weight is 412 g/mol. The number of hydrogen-bond donors (Lipinski definition) is 1. The van der Waals surface area contributed by atoms with Crippen LogP contribution < -0.4 is 9.47 Å². The Morgan fingerprint density at radius 1 is 1.17 bits per heavy atom. The predicted octanol–water partition coefficient (Wildman–Crippen LogP) is 2.53. The number of aliphatic hydroxyl groups excluding tert-OH is 1. The zero-order chi connectivity index (χ0) is 21.1. The van der Waals surface area contributed by atoms with E-state index in [1.165, 1.54) is 7.11 Å². The number of carbonyl (C=O) groups is 1.